The fourth-order valence-corrected chi connectivity index (χ4v) is 1.94. The molecule has 1 atom stereocenters. The van der Waals surface area contributed by atoms with Crippen LogP contribution in [0.4, 0.5) is 4.79 Å². The molecule has 1 aromatic carbocycles. The lowest BCUT2D eigenvalue weighted by Crippen LogP contribution is -2.35. The Kier molecular flexibility index (Phi) is 7.70. The second-order valence-electron chi connectivity index (χ2n) is 6.07. The Morgan fingerprint density at radius 1 is 1.16 bits per heavy atom. The third-order valence-electron chi connectivity index (χ3n) is 3.20. The van der Waals surface area contributed by atoms with Gasteiger partial charge in [0, 0.05) is 17.5 Å². The molecule has 0 saturated heterocycles. The number of ether oxygens (including phenoxy) is 2. The van der Waals surface area contributed by atoms with Crippen LogP contribution >= 0.6 is 11.6 Å². The number of halogens is 1. The van der Waals surface area contributed by atoms with Crippen LogP contribution in [0.3, 0.4) is 0 Å². The maximum absolute atomic E-state index is 11.9. The second kappa shape index (κ2) is 9.27. The highest BCUT2D eigenvalue weighted by atomic mass is 35.5. The van der Waals surface area contributed by atoms with E-state index in [1.807, 2.05) is 0 Å². The summed E-state index contributed by atoms with van der Waals surface area (Å²) in [5, 5.41) is 11.9. The van der Waals surface area contributed by atoms with Crippen molar-refractivity contribution >= 4 is 29.6 Å². The van der Waals surface area contributed by atoms with E-state index in [4.69, 9.17) is 26.2 Å². The van der Waals surface area contributed by atoms with Crippen molar-refractivity contribution in [3.05, 3.63) is 34.3 Å². The summed E-state index contributed by atoms with van der Waals surface area (Å²) in [5.41, 5.74) is 0.355. The zero-order valence-corrected chi connectivity index (χ0v) is 15.3. The molecule has 1 aromatic rings. The van der Waals surface area contributed by atoms with Crippen LogP contribution < -0.4 is 5.32 Å². The molecule has 0 fully saturated rings. The minimum atomic E-state index is -1.15. The molecular formula is C17H22ClNO6. The summed E-state index contributed by atoms with van der Waals surface area (Å²) >= 11 is 5.78. The number of carbonyl (C=O) groups is 3. The van der Waals surface area contributed by atoms with Crippen LogP contribution in [0, 0.1) is 11.8 Å². The molecule has 7 nitrogen and oxygen atoms in total. The fraction of sp³-hybridized carbons (Fsp3) is 0.471. The van der Waals surface area contributed by atoms with E-state index >= 15 is 0 Å². The Morgan fingerprint density at radius 3 is 2.32 bits per heavy atom. The smallest absolute Gasteiger partial charge is 0.410 e. The molecule has 0 aliphatic heterocycles. The number of amides is 1. The van der Waals surface area contributed by atoms with Gasteiger partial charge < -0.3 is 19.9 Å². The average molecular weight is 372 g/mol. The normalized spacial score (nSPS) is 12.0. The lowest BCUT2D eigenvalue weighted by molar-refractivity contribution is -0.178. The Morgan fingerprint density at radius 2 is 1.80 bits per heavy atom. The van der Waals surface area contributed by atoms with Crippen LogP contribution in [-0.4, -0.2) is 29.4 Å². The lowest BCUT2D eigenvalue weighted by Gasteiger charge is -2.22. The molecule has 0 heterocycles. The molecule has 138 valence electrons. The molecule has 0 radical (unpaired) electrons. The quantitative estimate of drug-likeness (QED) is 0.562. The molecule has 0 aliphatic rings. The maximum Gasteiger partial charge on any atom is 0.410 e. The number of alkyl carbamates (subject to hydrolysis) is 1. The third-order valence-corrected chi connectivity index (χ3v) is 3.43. The molecule has 0 saturated carbocycles. The third kappa shape index (κ3) is 6.62. The Hall–Kier alpha value is -2.28. The van der Waals surface area contributed by atoms with Gasteiger partial charge in [-0.05, 0) is 17.7 Å². The summed E-state index contributed by atoms with van der Waals surface area (Å²) in [4.78, 5) is 34.8. The minimum Gasteiger partial charge on any atom is -0.478 e. The molecule has 8 heteroatoms. The van der Waals surface area contributed by atoms with Crippen molar-refractivity contribution in [2.24, 2.45) is 11.8 Å². The van der Waals surface area contributed by atoms with E-state index < -0.39 is 24.3 Å². The number of benzene rings is 1. The molecule has 0 aromatic heterocycles. The van der Waals surface area contributed by atoms with Gasteiger partial charge in [0.1, 0.15) is 0 Å². The van der Waals surface area contributed by atoms with Gasteiger partial charge in [-0.25, -0.2) is 9.59 Å². The summed E-state index contributed by atoms with van der Waals surface area (Å²) < 4.78 is 10.3. The van der Waals surface area contributed by atoms with E-state index in [0.29, 0.717) is 5.56 Å². The van der Waals surface area contributed by atoms with Crippen molar-refractivity contribution in [3.63, 3.8) is 0 Å². The van der Waals surface area contributed by atoms with Crippen LogP contribution in [0.25, 0.3) is 0 Å². The molecular weight excluding hydrogens is 350 g/mol. The van der Waals surface area contributed by atoms with Crippen LogP contribution in [0.2, 0.25) is 5.02 Å². The monoisotopic (exact) mass is 371 g/mol. The average Bonchev–Trinajstić information content (AvgIpc) is 2.52. The predicted molar refractivity (Wildman–Crippen MR) is 91.3 cm³/mol. The number of nitrogens with one attached hydrogen (secondary N) is 1. The first kappa shape index (κ1) is 20.8. The first-order valence-corrected chi connectivity index (χ1v) is 8.16. The van der Waals surface area contributed by atoms with E-state index in [0.717, 1.165) is 0 Å². The number of carboxylic acid groups (broad SMARTS) is 1. The molecule has 1 rings (SSSR count). The SMILES string of the molecule is CC(C)C(=O)O[C@H](OC(=O)NCc1ccc(Cl)cc1C(=O)O)C(C)C. The van der Waals surface area contributed by atoms with Gasteiger partial charge in [-0.3, -0.25) is 4.79 Å². The number of hydrogen-bond acceptors (Lipinski definition) is 5. The second-order valence-corrected chi connectivity index (χ2v) is 6.51. The van der Waals surface area contributed by atoms with Gasteiger partial charge in [0.15, 0.2) is 0 Å². The highest BCUT2D eigenvalue weighted by Crippen LogP contribution is 2.17. The number of carboxylic acids is 1. The largest absolute Gasteiger partial charge is 0.478 e. The molecule has 0 unspecified atom stereocenters. The van der Waals surface area contributed by atoms with Gasteiger partial charge in [-0.2, -0.15) is 0 Å². The fourth-order valence-electron chi connectivity index (χ4n) is 1.76. The van der Waals surface area contributed by atoms with Crippen LogP contribution in [-0.2, 0) is 20.8 Å². The number of aromatic carboxylic acids is 1. The van der Waals surface area contributed by atoms with E-state index in [2.05, 4.69) is 5.32 Å². The predicted octanol–water partition coefficient (Wildman–Crippen LogP) is 3.45. The van der Waals surface area contributed by atoms with Crippen molar-refractivity contribution in [1.29, 1.82) is 0 Å². The first-order valence-electron chi connectivity index (χ1n) is 7.78. The minimum absolute atomic E-state index is 0.0144. The Labute approximate surface area is 151 Å². The summed E-state index contributed by atoms with van der Waals surface area (Å²) in [7, 11) is 0. The van der Waals surface area contributed by atoms with E-state index in [1.165, 1.54) is 18.2 Å². The first-order chi connectivity index (χ1) is 11.6. The Balaban J connectivity index is 2.70. The van der Waals surface area contributed by atoms with Crippen molar-refractivity contribution in [1.82, 2.24) is 5.32 Å². The number of carbonyl (C=O) groups excluding carboxylic acids is 2. The highest BCUT2D eigenvalue weighted by Gasteiger charge is 2.24. The Bertz CT molecular complexity index is 644. The van der Waals surface area contributed by atoms with Crippen LogP contribution in [0.15, 0.2) is 18.2 Å². The van der Waals surface area contributed by atoms with E-state index in [-0.39, 0.29) is 29.0 Å². The molecule has 25 heavy (non-hydrogen) atoms. The summed E-state index contributed by atoms with van der Waals surface area (Å²) in [6.07, 6.45) is -1.85. The molecule has 0 bridgehead atoms. The number of rotatable bonds is 7. The lowest BCUT2D eigenvalue weighted by atomic mass is 10.1. The maximum atomic E-state index is 11.9. The summed E-state index contributed by atoms with van der Waals surface area (Å²) in [6, 6.07) is 4.33. The van der Waals surface area contributed by atoms with E-state index in [9.17, 15) is 14.4 Å². The zero-order valence-electron chi connectivity index (χ0n) is 14.5. The standard InChI is InChI=1S/C17H22ClNO6/c1-9(2)15(22)24-16(10(3)4)25-17(23)19-8-11-5-6-12(18)7-13(11)14(20)21/h5-7,9-10,16H,8H2,1-4H3,(H,19,23)(H,20,21)/t16-/m1/s1. The number of hydrogen-bond donors (Lipinski definition) is 2. The summed E-state index contributed by atoms with van der Waals surface area (Å²) in [5.74, 6) is -2.21. The van der Waals surface area contributed by atoms with Gasteiger partial charge in [0.05, 0.1) is 11.5 Å². The van der Waals surface area contributed by atoms with Gasteiger partial charge in [-0.15, -0.1) is 0 Å². The highest BCUT2D eigenvalue weighted by molar-refractivity contribution is 6.30. The molecule has 1 amide bonds. The van der Waals surface area contributed by atoms with E-state index in [1.54, 1.807) is 27.7 Å². The molecule has 0 aliphatic carbocycles. The van der Waals surface area contributed by atoms with Crippen molar-refractivity contribution in [3.8, 4) is 0 Å². The zero-order chi connectivity index (χ0) is 19.1. The van der Waals surface area contributed by atoms with Crippen molar-refractivity contribution in [2.75, 3.05) is 0 Å². The van der Waals surface area contributed by atoms with Gasteiger partial charge in [-0.1, -0.05) is 45.4 Å². The van der Waals surface area contributed by atoms with Gasteiger partial charge in [0.25, 0.3) is 6.29 Å². The summed E-state index contributed by atoms with van der Waals surface area (Å²) in [6.45, 7) is 6.77. The van der Waals surface area contributed by atoms with Crippen LogP contribution in [0.1, 0.15) is 43.6 Å². The van der Waals surface area contributed by atoms with Gasteiger partial charge in [0.2, 0.25) is 0 Å². The topological polar surface area (TPSA) is 102 Å². The number of esters is 1. The molecule has 0 spiro atoms. The molecule has 2 N–H and O–H groups in total. The van der Waals surface area contributed by atoms with Crippen molar-refractivity contribution < 1.29 is 29.0 Å². The van der Waals surface area contributed by atoms with Gasteiger partial charge >= 0.3 is 18.0 Å². The van der Waals surface area contributed by atoms with Crippen LogP contribution in [0.5, 0.6) is 0 Å². The van der Waals surface area contributed by atoms with Crippen molar-refractivity contribution in [2.45, 2.75) is 40.5 Å².